The third kappa shape index (κ3) is 3.31. The van der Waals surface area contributed by atoms with E-state index < -0.39 is 0 Å². The molecule has 1 N–H and O–H groups in total. The van der Waals surface area contributed by atoms with Gasteiger partial charge >= 0.3 is 6.09 Å². The van der Waals surface area contributed by atoms with Crippen LogP contribution in [0.15, 0.2) is 4.99 Å². The summed E-state index contributed by atoms with van der Waals surface area (Å²) < 4.78 is 5.06. The Hall–Kier alpha value is -1.46. The van der Waals surface area contributed by atoms with Gasteiger partial charge in [0.1, 0.15) is 0 Å². The number of carbonyl (C=O) groups is 1. The molecule has 6 nitrogen and oxygen atoms in total. The Balaban J connectivity index is 1.45. The van der Waals surface area contributed by atoms with Crippen molar-refractivity contribution in [2.24, 2.45) is 16.3 Å². The van der Waals surface area contributed by atoms with Gasteiger partial charge in [0, 0.05) is 39.8 Å². The molecule has 0 aromatic heterocycles. The fraction of sp³-hybridized carbons (Fsp3) is 0.875. The van der Waals surface area contributed by atoms with Gasteiger partial charge in [-0.05, 0) is 43.9 Å². The van der Waals surface area contributed by atoms with Gasteiger partial charge in [0.15, 0.2) is 5.96 Å². The van der Waals surface area contributed by atoms with Gasteiger partial charge in [-0.3, -0.25) is 4.99 Å². The maximum absolute atomic E-state index is 11.7. The number of hydrogen-bond donors (Lipinski definition) is 1. The zero-order valence-electron chi connectivity index (χ0n) is 13.8. The van der Waals surface area contributed by atoms with Crippen LogP contribution in [-0.2, 0) is 4.74 Å². The van der Waals surface area contributed by atoms with Crippen molar-refractivity contribution in [1.82, 2.24) is 15.1 Å². The summed E-state index contributed by atoms with van der Waals surface area (Å²) in [5.41, 5.74) is 0.572. The zero-order valence-corrected chi connectivity index (χ0v) is 13.8. The van der Waals surface area contributed by atoms with Crippen LogP contribution in [0.3, 0.4) is 0 Å². The van der Waals surface area contributed by atoms with E-state index in [-0.39, 0.29) is 6.09 Å². The number of nitrogens with one attached hydrogen (secondary N) is 1. The fourth-order valence-electron chi connectivity index (χ4n) is 3.49. The number of piperazine rings is 1. The van der Waals surface area contributed by atoms with Gasteiger partial charge in [0.05, 0.1) is 6.61 Å². The Morgan fingerprint density at radius 1 is 1.23 bits per heavy atom. The average molecular weight is 308 g/mol. The zero-order chi connectivity index (χ0) is 15.6. The van der Waals surface area contributed by atoms with Gasteiger partial charge in [0.25, 0.3) is 0 Å². The lowest BCUT2D eigenvalue weighted by Crippen LogP contribution is -2.54. The van der Waals surface area contributed by atoms with Crippen molar-refractivity contribution in [3.8, 4) is 0 Å². The minimum atomic E-state index is -0.198. The molecule has 1 saturated heterocycles. The topological polar surface area (TPSA) is 57.2 Å². The Labute approximate surface area is 132 Å². The molecule has 0 unspecified atom stereocenters. The molecule has 0 radical (unpaired) electrons. The molecule has 6 heteroatoms. The van der Waals surface area contributed by atoms with E-state index in [9.17, 15) is 4.79 Å². The lowest BCUT2D eigenvalue weighted by atomic mass is 10.0. The summed E-state index contributed by atoms with van der Waals surface area (Å²) >= 11 is 0. The van der Waals surface area contributed by atoms with Crippen molar-refractivity contribution in [3.05, 3.63) is 0 Å². The van der Waals surface area contributed by atoms with Crippen molar-refractivity contribution in [3.63, 3.8) is 0 Å². The number of rotatable bonds is 4. The second kappa shape index (κ2) is 6.34. The van der Waals surface area contributed by atoms with Crippen LogP contribution in [0.2, 0.25) is 0 Å². The first-order valence-corrected chi connectivity index (χ1v) is 8.56. The molecule has 124 valence electrons. The van der Waals surface area contributed by atoms with E-state index in [1.807, 2.05) is 14.0 Å². The number of nitrogens with zero attached hydrogens (tertiary/aromatic N) is 3. The summed E-state index contributed by atoms with van der Waals surface area (Å²) in [5.74, 6) is 1.94. The van der Waals surface area contributed by atoms with Crippen LogP contribution in [0, 0.1) is 11.3 Å². The van der Waals surface area contributed by atoms with E-state index in [1.54, 1.807) is 4.90 Å². The first kappa shape index (κ1) is 15.4. The van der Waals surface area contributed by atoms with Gasteiger partial charge in [-0.25, -0.2) is 4.79 Å². The Kier molecular flexibility index (Phi) is 4.45. The molecule has 0 bridgehead atoms. The lowest BCUT2D eigenvalue weighted by Gasteiger charge is -2.36. The molecular formula is C16H28N4O2. The van der Waals surface area contributed by atoms with E-state index >= 15 is 0 Å². The second-order valence-electron chi connectivity index (χ2n) is 6.71. The van der Waals surface area contributed by atoms with E-state index in [2.05, 4.69) is 15.2 Å². The molecule has 0 aromatic carbocycles. The van der Waals surface area contributed by atoms with E-state index in [0.29, 0.717) is 25.1 Å². The van der Waals surface area contributed by atoms with Crippen molar-refractivity contribution in [1.29, 1.82) is 0 Å². The van der Waals surface area contributed by atoms with Crippen LogP contribution >= 0.6 is 0 Å². The minimum Gasteiger partial charge on any atom is -0.450 e. The molecule has 0 atom stereocenters. The van der Waals surface area contributed by atoms with E-state index in [4.69, 9.17) is 4.74 Å². The highest BCUT2D eigenvalue weighted by Gasteiger charge is 2.53. The summed E-state index contributed by atoms with van der Waals surface area (Å²) in [7, 11) is 1.84. The van der Waals surface area contributed by atoms with Gasteiger partial charge in [-0.15, -0.1) is 0 Å². The first-order chi connectivity index (χ1) is 10.7. The summed E-state index contributed by atoms with van der Waals surface area (Å²) in [6, 6.07) is 0. The van der Waals surface area contributed by atoms with Gasteiger partial charge in [0.2, 0.25) is 0 Å². The highest BCUT2D eigenvalue weighted by Crippen LogP contribution is 2.60. The Morgan fingerprint density at radius 3 is 2.36 bits per heavy atom. The molecule has 22 heavy (non-hydrogen) atoms. The third-order valence-electron chi connectivity index (χ3n) is 5.25. The molecule has 3 fully saturated rings. The summed E-state index contributed by atoms with van der Waals surface area (Å²) in [5, 5.41) is 3.57. The quantitative estimate of drug-likeness (QED) is 0.632. The van der Waals surface area contributed by atoms with Crippen LogP contribution in [0.1, 0.15) is 32.6 Å². The summed E-state index contributed by atoms with van der Waals surface area (Å²) in [6.07, 6.45) is 5.38. The molecular weight excluding hydrogens is 280 g/mol. The van der Waals surface area contributed by atoms with Crippen LogP contribution in [0.25, 0.3) is 0 Å². The number of carbonyl (C=O) groups excluding carboxylic acids is 1. The third-order valence-corrected chi connectivity index (χ3v) is 5.25. The number of hydrogen-bond acceptors (Lipinski definition) is 3. The SMILES string of the molecule is CCOC(=O)N1CCN(C(=NC)NCC2(C3CC3)CC2)CC1. The molecule has 2 aliphatic carbocycles. The molecule has 0 aromatic rings. The summed E-state index contributed by atoms with van der Waals surface area (Å²) in [6.45, 7) is 6.37. The molecule has 1 amide bonds. The number of guanidine groups is 1. The van der Waals surface area contributed by atoms with Crippen molar-refractivity contribution < 1.29 is 9.53 Å². The fourth-order valence-corrected chi connectivity index (χ4v) is 3.49. The van der Waals surface area contributed by atoms with Gasteiger partial charge < -0.3 is 19.9 Å². The maximum Gasteiger partial charge on any atom is 0.409 e. The molecule has 2 saturated carbocycles. The molecule has 1 aliphatic heterocycles. The van der Waals surface area contributed by atoms with Crippen LogP contribution in [0.5, 0.6) is 0 Å². The Morgan fingerprint density at radius 2 is 1.86 bits per heavy atom. The lowest BCUT2D eigenvalue weighted by molar-refractivity contribution is 0.0914. The Bertz CT molecular complexity index is 435. The number of ether oxygens (including phenoxy) is 1. The largest absolute Gasteiger partial charge is 0.450 e. The minimum absolute atomic E-state index is 0.198. The van der Waals surface area contributed by atoms with Gasteiger partial charge in [-0.2, -0.15) is 0 Å². The normalized spacial score (nSPS) is 24.2. The monoisotopic (exact) mass is 308 g/mol. The smallest absolute Gasteiger partial charge is 0.409 e. The van der Waals surface area contributed by atoms with Gasteiger partial charge in [-0.1, -0.05) is 0 Å². The van der Waals surface area contributed by atoms with Crippen molar-refractivity contribution in [2.45, 2.75) is 32.6 Å². The predicted molar refractivity (Wildman–Crippen MR) is 85.9 cm³/mol. The predicted octanol–water partition coefficient (Wildman–Crippen LogP) is 1.53. The van der Waals surface area contributed by atoms with E-state index in [0.717, 1.165) is 31.5 Å². The van der Waals surface area contributed by atoms with Crippen LogP contribution in [0.4, 0.5) is 4.79 Å². The van der Waals surface area contributed by atoms with Crippen LogP contribution in [-0.4, -0.2) is 68.2 Å². The average Bonchev–Trinajstić information content (AvgIpc) is 3.41. The highest BCUT2D eigenvalue weighted by atomic mass is 16.6. The van der Waals surface area contributed by atoms with Crippen LogP contribution < -0.4 is 5.32 Å². The first-order valence-electron chi connectivity index (χ1n) is 8.56. The number of aliphatic imine (C=N–C) groups is 1. The maximum atomic E-state index is 11.7. The van der Waals surface area contributed by atoms with Crippen molar-refractivity contribution >= 4 is 12.1 Å². The van der Waals surface area contributed by atoms with E-state index in [1.165, 1.54) is 25.7 Å². The second-order valence-corrected chi connectivity index (χ2v) is 6.71. The molecule has 1 heterocycles. The van der Waals surface area contributed by atoms with Crippen molar-refractivity contribution in [2.75, 3.05) is 46.4 Å². The standard InChI is InChI=1S/C16H28N4O2/c1-3-22-15(21)20-10-8-19(9-11-20)14(17-2)18-12-16(6-7-16)13-4-5-13/h13H,3-12H2,1-2H3,(H,17,18). The molecule has 0 spiro atoms. The summed E-state index contributed by atoms with van der Waals surface area (Å²) in [4.78, 5) is 20.2. The highest BCUT2D eigenvalue weighted by molar-refractivity contribution is 5.80. The number of amides is 1. The molecule has 3 rings (SSSR count). The molecule has 3 aliphatic rings.